The fraction of sp³-hybridized carbons (Fsp3) is 0.391. The number of nitrogens with zero attached hydrogens (tertiary/aromatic N) is 3. The van der Waals surface area contributed by atoms with Crippen molar-refractivity contribution < 1.29 is 23.8 Å². The highest BCUT2D eigenvalue weighted by molar-refractivity contribution is 6.15. The number of nitrogens with two attached hydrogens (primary N) is 1. The van der Waals surface area contributed by atoms with Crippen molar-refractivity contribution in [2.45, 2.75) is 59.7 Å². The molecular formula is C23H30N4O5. The van der Waals surface area contributed by atoms with Gasteiger partial charge in [0.1, 0.15) is 17.0 Å². The molecule has 172 valence electrons. The van der Waals surface area contributed by atoms with Crippen molar-refractivity contribution in [1.82, 2.24) is 4.98 Å². The van der Waals surface area contributed by atoms with Gasteiger partial charge in [-0.15, -0.1) is 4.99 Å². The monoisotopic (exact) mass is 442 g/mol. The van der Waals surface area contributed by atoms with Crippen LogP contribution in [0, 0.1) is 6.92 Å². The van der Waals surface area contributed by atoms with Crippen molar-refractivity contribution in [3.63, 3.8) is 0 Å². The van der Waals surface area contributed by atoms with E-state index in [4.69, 9.17) is 19.9 Å². The number of aryl methyl sites for hydroxylation is 1. The number of aliphatic imine (C=N–C) groups is 1. The number of pyridine rings is 1. The first-order valence-electron chi connectivity index (χ1n) is 10.0. The SMILES string of the molecule is Cc1ccnc(Oc2cccc(N(C(=O)OC(C)(C)C)C(N)=NC(=O)OC(C)(C)C)c2)c1. The van der Waals surface area contributed by atoms with E-state index in [2.05, 4.69) is 9.98 Å². The number of amides is 2. The molecule has 0 bridgehead atoms. The summed E-state index contributed by atoms with van der Waals surface area (Å²) >= 11 is 0. The van der Waals surface area contributed by atoms with E-state index < -0.39 is 29.3 Å². The Bertz CT molecular complexity index is 1010. The van der Waals surface area contributed by atoms with Crippen LogP contribution in [0.15, 0.2) is 47.6 Å². The van der Waals surface area contributed by atoms with E-state index in [0.717, 1.165) is 10.5 Å². The molecule has 9 nitrogen and oxygen atoms in total. The molecule has 2 rings (SSSR count). The van der Waals surface area contributed by atoms with Gasteiger partial charge >= 0.3 is 12.2 Å². The molecule has 0 aliphatic carbocycles. The number of anilines is 1. The summed E-state index contributed by atoms with van der Waals surface area (Å²) in [5, 5.41) is 0. The maximum absolute atomic E-state index is 12.9. The van der Waals surface area contributed by atoms with E-state index in [1.807, 2.05) is 13.0 Å². The van der Waals surface area contributed by atoms with Crippen LogP contribution in [0.4, 0.5) is 15.3 Å². The van der Waals surface area contributed by atoms with Crippen LogP contribution in [0.5, 0.6) is 11.6 Å². The van der Waals surface area contributed by atoms with E-state index in [1.54, 1.807) is 78.1 Å². The smallest absolute Gasteiger partial charge is 0.437 e. The van der Waals surface area contributed by atoms with Crippen molar-refractivity contribution in [2.24, 2.45) is 10.7 Å². The number of hydrogen-bond donors (Lipinski definition) is 1. The highest BCUT2D eigenvalue weighted by Crippen LogP contribution is 2.26. The van der Waals surface area contributed by atoms with Crippen LogP contribution in [0.3, 0.4) is 0 Å². The number of carbonyl (C=O) groups is 2. The third kappa shape index (κ3) is 7.90. The van der Waals surface area contributed by atoms with Gasteiger partial charge in [0.25, 0.3) is 0 Å². The first-order chi connectivity index (χ1) is 14.7. The summed E-state index contributed by atoms with van der Waals surface area (Å²) in [6, 6.07) is 10.2. The predicted molar refractivity (Wildman–Crippen MR) is 122 cm³/mol. The Hall–Kier alpha value is -3.62. The Labute approximate surface area is 188 Å². The Morgan fingerprint density at radius 3 is 2.25 bits per heavy atom. The summed E-state index contributed by atoms with van der Waals surface area (Å²) in [6.45, 7) is 12.2. The number of hydrogen-bond acceptors (Lipinski definition) is 6. The van der Waals surface area contributed by atoms with Gasteiger partial charge in [0.15, 0.2) is 0 Å². The van der Waals surface area contributed by atoms with Crippen molar-refractivity contribution in [3.05, 3.63) is 48.2 Å². The fourth-order valence-corrected chi connectivity index (χ4v) is 2.44. The predicted octanol–water partition coefficient (Wildman–Crippen LogP) is 5.17. The van der Waals surface area contributed by atoms with Crippen LogP contribution in [-0.4, -0.2) is 34.3 Å². The Kier molecular flexibility index (Phi) is 7.45. The minimum absolute atomic E-state index is 0.286. The minimum atomic E-state index is -0.931. The van der Waals surface area contributed by atoms with Gasteiger partial charge in [0.05, 0.1) is 5.69 Å². The van der Waals surface area contributed by atoms with Crippen molar-refractivity contribution in [1.29, 1.82) is 0 Å². The molecule has 0 atom stereocenters. The molecule has 2 N–H and O–H groups in total. The van der Waals surface area contributed by atoms with E-state index in [1.165, 1.54) is 0 Å². The molecule has 0 spiro atoms. The normalized spacial score (nSPS) is 12.2. The molecule has 0 aliphatic heterocycles. The molecule has 0 saturated heterocycles. The highest BCUT2D eigenvalue weighted by Gasteiger charge is 2.28. The summed E-state index contributed by atoms with van der Waals surface area (Å²) in [5.74, 6) is 0.389. The molecule has 0 unspecified atom stereocenters. The van der Waals surface area contributed by atoms with E-state index in [0.29, 0.717) is 11.6 Å². The van der Waals surface area contributed by atoms with Gasteiger partial charge in [0, 0.05) is 18.3 Å². The molecule has 1 heterocycles. The van der Waals surface area contributed by atoms with Crippen LogP contribution < -0.4 is 15.4 Å². The molecular weight excluding hydrogens is 412 g/mol. The second-order valence-electron chi connectivity index (χ2n) is 9.04. The minimum Gasteiger partial charge on any atom is -0.443 e. The number of rotatable bonds is 3. The number of guanidine groups is 1. The van der Waals surface area contributed by atoms with Gasteiger partial charge in [-0.05, 0) is 72.2 Å². The van der Waals surface area contributed by atoms with Gasteiger partial charge in [-0.25, -0.2) is 19.5 Å². The lowest BCUT2D eigenvalue weighted by molar-refractivity contribution is 0.0601. The molecule has 0 aliphatic rings. The molecule has 0 radical (unpaired) electrons. The van der Waals surface area contributed by atoms with Crippen LogP contribution in [0.2, 0.25) is 0 Å². The summed E-state index contributed by atoms with van der Waals surface area (Å²) < 4.78 is 16.4. The molecule has 1 aromatic heterocycles. The maximum Gasteiger partial charge on any atom is 0.437 e. The van der Waals surface area contributed by atoms with Crippen LogP contribution in [-0.2, 0) is 9.47 Å². The van der Waals surface area contributed by atoms with Crippen molar-refractivity contribution in [3.8, 4) is 11.6 Å². The van der Waals surface area contributed by atoms with E-state index in [-0.39, 0.29) is 5.69 Å². The molecule has 2 aromatic rings. The Balaban J connectivity index is 2.41. The van der Waals surface area contributed by atoms with Gasteiger partial charge in [0.2, 0.25) is 11.8 Å². The number of aromatic nitrogens is 1. The van der Waals surface area contributed by atoms with Crippen molar-refractivity contribution >= 4 is 23.8 Å². The molecule has 0 saturated carbocycles. The van der Waals surface area contributed by atoms with Crippen LogP contribution in [0.1, 0.15) is 47.1 Å². The first kappa shape index (κ1) is 24.6. The zero-order valence-electron chi connectivity index (χ0n) is 19.5. The van der Waals surface area contributed by atoms with E-state index >= 15 is 0 Å². The highest BCUT2D eigenvalue weighted by atomic mass is 16.6. The summed E-state index contributed by atoms with van der Waals surface area (Å²) in [4.78, 5) is 33.9. The zero-order valence-corrected chi connectivity index (χ0v) is 19.5. The fourth-order valence-electron chi connectivity index (χ4n) is 2.44. The third-order valence-corrected chi connectivity index (χ3v) is 3.59. The second kappa shape index (κ2) is 9.67. The second-order valence-corrected chi connectivity index (χ2v) is 9.04. The van der Waals surface area contributed by atoms with Crippen LogP contribution >= 0.6 is 0 Å². The average Bonchev–Trinajstić information content (AvgIpc) is 2.58. The van der Waals surface area contributed by atoms with Gasteiger partial charge < -0.3 is 19.9 Å². The van der Waals surface area contributed by atoms with Gasteiger partial charge in [-0.3, -0.25) is 0 Å². The van der Waals surface area contributed by atoms with Gasteiger partial charge in [-0.1, -0.05) is 6.07 Å². The number of benzene rings is 1. The molecule has 2 amide bonds. The average molecular weight is 443 g/mol. The topological polar surface area (TPSA) is 116 Å². The number of carbonyl (C=O) groups excluding carboxylic acids is 2. The summed E-state index contributed by atoms with van der Waals surface area (Å²) in [7, 11) is 0. The van der Waals surface area contributed by atoms with Crippen molar-refractivity contribution in [2.75, 3.05) is 4.90 Å². The zero-order chi connectivity index (χ0) is 24.1. The van der Waals surface area contributed by atoms with Gasteiger partial charge in [-0.2, -0.15) is 0 Å². The maximum atomic E-state index is 12.9. The lowest BCUT2D eigenvalue weighted by Crippen LogP contribution is -2.45. The van der Waals surface area contributed by atoms with E-state index in [9.17, 15) is 9.59 Å². The lowest BCUT2D eigenvalue weighted by Gasteiger charge is -2.27. The third-order valence-electron chi connectivity index (χ3n) is 3.59. The Morgan fingerprint density at radius 1 is 1.00 bits per heavy atom. The number of ether oxygens (including phenoxy) is 3. The first-order valence-corrected chi connectivity index (χ1v) is 10.0. The molecule has 1 aromatic carbocycles. The molecule has 9 heteroatoms. The summed E-state index contributed by atoms with van der Waals surface area (Å²) in [5.41, 5.74) is 5.73. The standard InChI is InChI=1S/C23H30N4O5/c1-15-11-12-25-18(13-15)30-17-10-8-9-16(14-17)27(21(29)32-23(5,6)7)19(24)26-20(28)31-22(2,3)4/h8-14H,1-7H3,(H2,24,26,28). The Morgan fingerprint density at radius 2 is 1.66 bits per heavy atom. The quantitative estimate of drug-likeness (QED) is 0.514. The summed E-state index contributed by atoms with van der Waals surface area (Å²) in [6.07, 6.45) is -0.111. The molecule has 0 fully saturated rings. The largest absolute Gasteiger partial charge is 0.443 e. The molecule has 32 heavy (non-hydrogen) atoms. The lowest BCUT2D eigenvalue weighted by atomic mass is 10.2. The van der Waals surface area contributed by atoms with Crippen LogP contribution in [0.25, 0.3) is 0 Å².